The van der Waals surface area contributed by atoms with Crippen molar-refractivity contribution in [2.75, 3.05) is 0 Å². The van der Waals surface area contributed by atoms with Crippen LogP contribution < -0.4 is 5.73 Å². The fraction of sp³-hybridized carbons (Fsp3) is 0.278. The van der Waals surface area contributed by atoms with Crippen molar-refractivity contribution in [1.29, 1.82) is 0 Å². The Labute approximate surface area is 125 Å². The zero-order chi connectivity index (χ0) is 14.9. The molecule has 3 heteroatoms. The number of benzene rings is 2. The van der Waals surface area contributed by atoms with E-state index in [-0.39, 0.29) is 5.54 Å². The van der Waals surface area contributed by atoms with E-state index in [4.69, 9.17) is 5.73 Å². The molecule has 0 amide bonds. The van der Waals surface area contributed by atoms with Gasteiger partial charge in [0.2, 0.25) is 0 Å². The molecule has 3 N–H and O–H groups in total. The molecule has 1 heterocycles. The number of hydrogen-bond donors (Lipinski definition) is 2. The number of imidazole rings is 1. The number of aromatic amines is 1. The number of rotatable bonds is 4. The molecular weight excluding hydrogens is 258 g/mol. The van der Waals surface area contributed by atoms with Gasteiger partial charge in [0.05, 0.1) is 17.4 Å². The number of fused-ring (bicyclic) bond motifs is 1. The quantitative estimate of drug-likeness (QED) is 0.752. The van der Waals surface area contributed by atoms with Gasteiger partial charge in [-0.2, -0.15) is 0 Å². The molecule has 0 radical (unpaired) electrons. The second kappa shape index (κ2) is 5.34. The van der Waals surface area contributed by atoms with E-state index in [1.54, 1.807) is 0 Å². The molecule has 3 rings (SSSR count). The Morgan fingerprint density at radius 2 is 1.76 bits per heavy atom. The van der Waals surface area contributed by atoms with Crippen molar-refractivity contribution in [2.24, 2.45) is 5.73 Å². The minimum atomic E-state index is -0.366. The Kier molecular flexibility index (Phi) is 3.52. The van der Waals surface area contributed by atoms with Gasteiger partial charge in [-0.3, -0.25) is 0 Å². The van der Waals surface area contributed by atoms with Crippen LogP contribution in [0.5, 0.6) is 0 Å². The molecule has 0 spiro atoms. The molecule has 1 aromatic heterocycles. The molecule has 2 aromatic carbocycles. The molecule has 0 unspecified atom stereocenters. The maximum atomic E-state index is 6.41. The van der Waals surface area contributed by atoms with Gasteiger partial charge in [0.15, 0.2) is 0 Å². The van der Waals surface area contributed by atoms with Crippen LogP contribution in [-0.4, -0.2) is 9.97 Å². The van der Waals surface area contributed by atoms with Gasteiger partial charge in [-0.1, -0.05) is 50.2 Å². The van der Waals surface area contributed by atoms with Gasteiger partial charge in [0.1, 0.15) is 5.82 Å². The third-order valence-corrected chi connectivity index (χ3v) is 4.37. The first-order chi connectivity index (χ1) is 10.2. The second-order valence-corrected chi connectivity index (χ2v) is 5.57. The van der Waals surface area contributed by atoms with Crippen molar-refractivity contribution >= 4 is 10.8 Å². The first kappa shape index (κ1) is 13.8. The zero-order valence-corrected chi connectivity index (χ0v) is 12.6. The van der Waals surface area contributed by atoms with Crippen LogP contribution >= 0.6 is 0 Å². The number of nitrogens with two attached hydrogens (primary N) is 1. The summed E-state index contributed by atoms with van der Waals surface area (Å²) < 4.78 is 0. The van der Waals surface area contributed by atoms with Crippen LogP contribution in [-0.2, 0) is 5.54 Å². The Balaban J connectivity index is 2.01. The smallest absolute Gasteiger partial charge is 0.126 e. The summed E-state index contributed by atoms with van der Waals surface area (Å²) in [6.45, 7) is 4.20. The first-order valence-corrected chi connectivity index (χ1v) is 7.50. The molecule has 21 heavy (non-hydrogen) atoms. The largest absolute Gasteiger partial charge is 0.340 e. The zero-order valence-electron chi connectivity index (χ0n) is 12.6. The molecule has 3 nitrogen and oxygen atoms in total. The molecule has 0 atom stereocenters. The average molecular weight is 279 g/mol. The van der Waals surface area contributed by atoms with E-state index >= 15 is 0 Å². The van der Waals surface area contributed by atoms with Gasteiger partial charge >= 0.3 is 0 Å². The highest BCUT2D eigenvalue weighted by molar-refractivity contribution is 5.86. The van der Waals surface area contributed by atoms with Gasteiger partial charge in [0.25, 0.3) is 0 Å². The third kappa shape index (κ3) is 2.45. The van der Waals surface area contributed by atoms with Crippen LogP contribution in [0.25, 0.3) is 22.0 Å². The van der Waals surface area contributed by atoms with Crippen molar-refractivity contribution in [3.63, 3.8) is 0 Å². The van der Waals surface area contributed by atoms with Gasteiger partial charge < -0.3 is 10.7 Å². The lowest BCUT2D eigenvalue weighted by molar-refractivity contribution is 0.391. The molecule has 0 saturated heterocycles. The van der Waals surface area contributed by atoms with Crippen LogP contribution in [0.4, 0.5) is 0 Å². The number of nitrogens with one attached hydrogen (secondary N) is 1. The Morgan fingerprint density at radius 3 is 2.48 bits per heavy atom. The summed E-state index contributed by atoms with van der Waals surface area (Å²) in [7, 11) is 0. The minimum absolute atomic E-state index is 0.366. The summed E-state index contributed by atoms with van der Waals surface area (Å²) in [6, 6.07) is 14.8. The lowest BCUT2D eigenvalue weighted by Gasteiger charge is -2.23. The first-order valence-electron chi connectivity index (χ1n) is 7.50. The normalized spacial score (nSPS) is 12.0. The SMILES string of the molecule is CCC(N)(CC)c1ncc(-c2ccc3ccccc3c2)[nH]1. The number of hydrogen-bond acceptors (Lipinski definition) is 2. The van der Waals surface area contributed by atoms with Crippen LogP contribution in [0.15, 0.2) is 48.7 Å². The number of H-pyrrole nitrogens is 1. The fourth-order valence-electron chi connectivity index (χ4n) is 2.66. The predicted molar refractivity (Wildman–Crippen MR) is 88.0 cm³/mol. The van der Waals surface area contributed by atoms with Crippen molar-refractivity contribution in [2.45, 2.75) is 32.2 Å². The molecule has 3 aromatic rings. The van der Waals surface area contributed by atoms with Gasteiger partial charge in [-0.25, -0.2) is 4.98 Å². The summed E-state index contributed by atoms with van der Waals surface area (Å²) in [6.07, 6.45) is 3.62. The van der Waals surface area contributed by atoms with Crippen LogP contribution in [0.2, 0.25) is 0 Å². The Bertz CT molecular complexity index is 754. The van der Waals surface area contributed by atoms with E-state index in [0.29, 0.717) is 0 Å². The summed E-state index contributed by atoms with van der Waals surface area (Å²) in [5.74, 6) is 0.871. The Hall–Kier alpha value is -2.13. The molecule has 108 valence electrons. The second-order valence-electron chi connectivity index (χ2n) is 5.57. The minimum Gasteiger partial charge on any atom is -0.340 e. The summed E-state index contributed by atoms with van der Waals surface area (Å²) in [5.41, 5.74) is 8.20. The molecule has 0 saturated carbocycles. The van der Waals surface area contributed by atoms with Crippen molar-refractivity contribution in [1.82, 2.24) is 9.97 Å². The van der Waals surface area contributed by atoms with Crippen molar-refractivity contribution in [3.8, 4) is 11.3 Å². The van der Waals surface area contributed by atoms with Crippen molar-refractivity contribution < 1.29 is 0 Å². The lowest BCUT2D eigenvalue weighted by Crippen LogP contribution is -2.36. The molecule has 0 aliphatic heterocycles. The maximum Gasteiger partial charge on any atom is 0.126 e. The molecule has 0 aliphatic rings. The highest BCUT2D eigenvalue weighted by Gasteiger charge is 2.26. The average Bonchev–Trinajstić information content (AvgIpc) is 3.04. The highest BCUT2D eigenvalue weighted by Crippen LogP contribution is 2.27. The van der Waals surface area contributed by atoms with Crippen LogP contribution in [0.1, 0.15) is 32.5 Å². The van der Waals surface area contributed by atoms with E-state index in [0.717, 1.165) is 29.9 Å². The number of nitrogens with zero attached hydrogens (tertiary/aromatic N) is 1. The highest BCUT2D eigenvalue weighted by atomic mass is 15.0. The monoisotopic (exact) mass is 279 g/mol. The standard InChI is InChI=1S/C18H21N3/c1-3-18(19,4-2)17-20-12-16(21-17)15-10-9-13-7-5-6-8-14(13)11-15/h5-12H,3-4,19H2,1-2H3,(H,20,21). The Morgan fingerprint density at radius 1 is 1.05 bits per heavy atom. The van der Waals surface area contributed by atoms with E-state index in [1.807, 2.05) is 6.20 Å². The topological polar surface area (TPSA) is 54.7 Å². The van der Waals surface area contributed by atoms with Crippen LogP contribution in [0, 0.1) is 0 Å². The maximum absolute atomic E-state index is 6.41. The van der Waals surface area contributed by atoms with E-state index in [1.165, 1.54) is 10.8 Å². The molecular formula is C18H21N3. The molecule has 0 bridgehead atoms. The summed E-state index contributed by atoms with van der Waals surface area (Å²) in [4.78, 5) is 7.91. The molecule has 0 aliphatic carbocycles. The van der Waals surface area contributed by atoms with Gasteiger partial charge in [-0.05, 0) is 29.7 Å². The fourth-order valence-corrected chi connectivity index (χ4v) is 2.66. The summed E-state index contributed by atoms with van der Waals surface area (Å²) in [5, 5.41) is 2.48. The van der Waals surface area contributed by atoms with Crippen LogP contribution in [0.3, 0.4) is 0 Å². The predicted octanol–water partition coefficient (Wildman–Crippen LogP) is 4.20. The van der Waals surface area contributed by atoms with Gasteiger partial charge in [0, 0.05) is 5.56 Å². The van der Waals surface area contributed by atoms with E-state index in [9.17, 15) is 0 Å². The van der Waals surface area contributed by atoms with Gasteiger partial charge in [-0.15, -0.1) is 0 Å². The third-order valence-electron chi connectivity index (χ3n) is 4.37. The van der Waals surface area contributed by atoms with E-state index < -0.39 is 0 Å². The summed E-state index contributed by atoms with van der Waals surface area (Å²) >= 11 is 0. The van der Waals surface area contributed by atoms with E-state index in [2.05, 4.69) is 66.3 Å². The van der Waals surface area contributed by atoms with Crippen molar-refractivity contribution in [3.05, 3.63) is 54.5 Å². The lowest BCUT2D eigenvalue weighted by atomic mass is 9.93. The molecule has 0 fully saturated rings. The number of aromatic nitrogens is 2.